The van der Waals surface area contributed by atoms with Gasteiger partial charge in [-0.15, -0.1) is 11.3 Å². The summed E-state index contributed by atoms with van der Waals surface area (Å²) in [5.41, 5.74) is 1.87. The first kappa shape index (κ1) is 16.5. The van der Waals surface area contributed by atoms with Gasteiger partial charge < -0.3 is 4.90 Å². The molecule has 2 heterocycles. The molecule has 23 heavy (non-hydrogen) atoms. The smallest absolute Gasteiger partial charge is 0.271 e. The third-order valence-corrected chi connectivity index (χ3v) is 6.88. The summed E-state index contributed by atoms with van der Waals surface area (Å²) in [5.74, 6) is 0. The van der Waals surface area contributed by atoms with Crippen LogP contribution in [-0.2, 0) is 16.4 Å². The molecule has 4 nitrogen and oxygen atoms in total. The lowest BCUT2D eigenvalue weighted by Crippen LogP contribution is -2.20. The summed E-state index contributed by atoms with van der Waals surface area (Å²) in [6, 6.07) is 11.1. The van der Waals surface area contributed by atoms with Gasteiger partial charge in [0.15, 0.2) is 0 Å². The van der Waals surface area contributed by atoms with Gasteiger partial charge in [0.25, 0.3) is 10.0 Å². The molecule has 2 aromatic rings. The summed E-state index contributed by atoms with van der Waals surface area (Å²) in [6.07, 6.45) is 4.85. The van der Waals surface area contributed by atoms with Gasteiger partial charge in [-0.2, -0.15) is 0 Å². The summed E-state index contributed by atoms with van der Waals surface area (Å²) < 4.78 is 27.3. The van der Waals surface area contributed by atoms with Gasteiger partial charge in [0.2, 0.25) is 0 Å². The zero-order chi connectivity index (χ0) is 16.1. The number of rotatable bonds is 7. The molecule has 0 spiro atoms. The number of hydrogen-bond donors (Lipinski definition) is 1. The maximum absolute atomic E-state index is 12.2. The van der Waals surface area contributed by atoms with Crippen LogP contribution in [0.25, 0.3) is 0 Å². The highest BCUT2D eigenvalue weighted by molar-refractivity contribution is 7.94. The van der Waals surface area contributed by atoms with E-state index in [1.807, 2.05) is 24.3 Å². The molecule has 0 radical (unpaired) electrons. The van der Waals surface area contributed by atoms with E-state index in [1.165, 1.54) is 42.8 Å². The second-order valence-corrected chi connectivity index (χ2v) is 8.74. The SMILES string of the molecule is O=S(=O)(Nc1ccc(CCCN2CCCC2)cc1)c1cccs1. The van der Waals surface area contributed by atoms with Crippen molar-refractivity contribution in [3.05, 3.63) is 47.3 Å². The minimum Gasteiger partial charge on any atom is -0.303 e. The Kier molecular flexibility index (Phi) is 5.35. The van der Waals surface area contributed by atoms with Crippen LogP contribution in [0.1, 0.15) is 24.8 Å². The summed E-state index contributed by atoms with van der Waals surface area (Å²) in [6.45, 7) is 3.64. The highest BCUT2D eigenvalue weighted by Crippen LogP contribution is 2.20. The van der Waals surface area contributed by atoms with E-state index in [4.69, 9.17) is 0 Å². The third-order valence-electron chi connectivity index (χ3n) is 4.10. The van der Waals surface area contributed by atoms with E-state index >= 15 is 0 Å². The molecule has 1 aromatic carbocycles. The Balaban J connectivity index is 1.52. The number of thiophene rings is 1. The van der Waals surface area contributed by atoms with Crippen LogP contribution in [0.2, 0.25) is 0 Å². The van der Waals surface area contributed by atoms with Crippen molar-refractivity contribution in [1.82, 2.24) is 4.90 Å². The van der Waals surface area contributed by atoms with Crippen LogP contribution in [0.4, 0.5) is 5.69 Å². The van der Waals surface area contributed by atoms with E-state index in [0.29, 0.717) is 9.90 Å². The third kappa shape index (κ3) is 4.56. The van der Waals surface area contributed by atoms with Gasteiger partial charge in [-0.3, -0.25) is 4.72 Å². The number of anilines is 1. The normalized spacial score (nSPS) is 15.8. The number of nitrogens with one attached hydrogen (secondary N) is 1. The van der Waals surface area contributed by atoms with Gasteiger partial charge in [-0.05, 0) is 74.5 Å². The molecule has 0 unspecified atom stereocenters. The second-order valence-electron chi connectivity index (χ2n) is 5.89. The second kappa shape index (κ2) is 7.47. The van der Waals surface area contributed by atoms with E-state index in [2.05, 4.69) is 9.62 Å². The highest BCUT2D eigenvalue weighted by Gasteiger charge is 2.15. The minimum atomic E-state index is -3.45. The molecule has 1 fully saturated rings. The Morgan fingerprint density at radius 2 is 1.83 bits per heavy atom. The molecule has 0 aliphatic carbocycles. The summed E-state index contributed by atoms with van der Waals surface area (Å²) in [5, 5.41) is 1.76. The Morgan fingerprint density at radius 1 is 1.09 bits per heavy atom. The van der Waals surface area contributed by atoms with Gasteiger partial charge in [0, 0.05) is 5.69 Å². The topological polar surface area (TPSA) is 49.4 Å². The van der Waals surface area contributed by atoms with Crippen LogP contribution in [0, 0.1) is 0 Å². The first-order chi connectivity index (χ1) is 11.1. The van der Waals surface area contributed by atoms with E-state index in [-0.39, 0.29) is 0 Å². The van der Waals surface area contributed by atoms with E-state index in [1.54, 1.807) is 17.5 Å². The van der Waals surface area contributed by atoms with Crippen molar-refractivity contribution in [2.24, 2.45) is 0 Å². The lowest BCUT2D eigenvalue weighted by molar-refractivity contribution is 0.334. The molecule has 1 aliphatic rings. The fourth-order valence-electron chi connectivity index (χ4n) is 2.87. The lowest BCUT2D eigenvalue weighted by atomic mass is 10.1. The molecule has 1 aromatic heterocycles. The molecule has 0 atom stereocenters. The number of sulfonamides is 1. The quantitative estimate of drug-likeness (QED) is 0.830. The van der Waals surface area contributed by atoms with Crippen LogP contribution in [0.5, 0.6) is 0 Å². The monoisotopic (exact) mass is 350 g/mol. The van der Waals surface area contributed by atoms with Crippen molar-refractivity contribution in [2.75, 3.05) is 24.4 Å². The number of nitrogens with zero attached hydrogens (tertiary/aromatic N) is 1. The summed E-state index contributed by atoms with van der Waals surface area (Å²) >= 11 is 1.22. The first-order valence-corrected chi connectivity index (χ1v) is 10.4. The average Bonchev–Trinajstić information content (AvgIpc) is 3.22. The molecule has 1 saturated heterocycles. The largest absolute Gasteiger partial charge is 0.303 e. The molecule has 0 amide bonds. The maximum atomic E-state index is 12.2. The molecule has 1 N–H and O–H groups in total. The van der Waals surface area contributed by atoms with Gasteiger partial charge >= 0.3 is 0 Å². The molecule has 3 rings (SSSR count). The Hall–Kier alpha value is -1.37. The number of aryl methyl sites for hydroxylation is 1. The standard InChI is InChI=1S/C17H22N2O2S2/c20-23(21,17-6-4-14-22-17)18-16-9-7-15(8-10-16)5-3-13-19-11-1-2-12-19/h4,6-10,14,18H,1-3,5,11-13H2. The Morgan fingerprint density at radius 3 is 2.48 bits per heavy atom. The maximum Gasteiger partial charge on any atom is 0.271 e. The van der Waals surface area contributed by atoms with Gasteiger partial charge in [0.1, 0.15) is 4.21 Å². The van der Waals surface area contributed by atoms with E-state index in [9.17, 15) is 8.42 Å². The zero-order valence-electron chi connectivity index (χ0n) is 13.1. The van der Waals surface area contributed by atoms with Gasteiger partial charge in [-0.25, -0.2) is 8.42 Å². The van der Waals surface area contributed by atoms with Crippen LogP contribution in [0.3, 0.4) is 0 Å². The highest BCUT2D eigenvalue weighted by atomic mass is 32.2. The number of hydrogen-bond acceptors (Lipinski definition) is 4. The predicted octanol–water partition coefficient (Wildman–Crippen LogP) is 3.58. The first-order valence-electron chi connectivity index (χ1n) is 8.01. The van der Waals surface area contributed by atoms with Crippen molar-refractivity contribution in [3.8, 4) is 0 Å². The molecule has 0 bridgehead atoms. The summed E-state index contributed by atoms with van der Waals surface area (Å²) in [7, 11) is -3.45. The molecule has 1 aliphatic heterocycles. The fraction of sp³-hybridized carbons (Fsp3) is 0.412. The number of likely N-dealkylation sites (tertiary alicyclic amines) is 1. The molecule has 124 valence electrons. The van der Waals surface area contributed by atoms with Crippen molar-refractivity contribution in [3.63, 3.8) is 0 Å². The predicted molar refractivity (Wildman–Crippen MR) is 95.6 cm³/mol. The van der Waals surface area contributed by atoms with Crippen molar-refractivity contribution >= 4 is 27.0 Å². The fourth-order valence-corrected chi connectivity index (χ4v) is 4.93. The van der Waals surface area contributed by atoms with Crippen LogP contribution < -0.4 is 4.72 Å². The Bertz CT molecular complexity index is 704. The molecular weight excluding hydrogens is 328 g/mol. The van der Waals surface area contributed by atoms with Crippen molar-refractivity contribution < 1.29 is 8.42 Å². The van der Waals surface area contributed by atoms with E-state index < -0.39 is 10.0 Å². The van der Waals surface area contributed by atoms with Crippen molar-refractivity contribution in [2.45, 2.75) is 29.9 Å². The molecule has 6 heteroatoms. The van der Waals surface area contributed by atoms with Crippen LogP contribution in [-0.4, -0.2) is 33.0 Å². The van der Waals surface area contributed by atoms with Crippen molar-refractivity contribution in [1.29, 1.82) is 0 Å². The summed E-state index contributed by atoms with van der Waals surface area (Å²) in [4.78, 5) is 2.52. The molecular formula is C17H22N2O2S2. The molecule has 0 saturated carbocycles. The lowest BCUT2D eigenvalue weighted by Gasteiger charge is -2.14. The van der Waals surface area contributed by atoms with Gasteiger partial charge in [-0.1, -0.05) is 18.2 Å². The van der Waals surface area contributed by atoms with Crippen LogP contribution in [0.15, 0.2) is 46.0 Å². The number of benzene rings is 1. The van der Waals surface area contributed by atoms with Crippen LogP contribution >= 0.6 is 11.3 Å². The van der Waals surface area contributed by atoms with Gasteiger partial charge in [0.05, 0.1) is 0 Å². The zero-order valence-corrected chi connectivity index (χ0v) is 14.7. The Labute approximate surface area is 142 Å². The minimum absolute atomic E-state index is 0.340. The van der Waals surface area contributed by atoms with E-state index in [0.717, 1.165) is 19.4 Å². The average molecular weight is 351 g/mol.